The lowest BCUT2D eigenvalue weighted by molar-refractivity contribution is 0.105. The Hall–Kier alpha value is -2.07. The Morgan fingerprint density at radius 1 is 1.05 bits per heavy atom. The van der Waals surface area contributed by atoms with E-state index < -0.39 is 0 Å². The molecule has 0 heterocycles. The molecule has 0 radical (unpaired) electrons. The monoisotopic (exact) mass is 261 g/mol. The van der Waals surface area contributed by atoms with Gasteiger partial charge in [-0.05, 0) is 29.8 Å². The summed E-state index contributed by atoms with van der Waals surface area (Å²) in [5, 5.41) is 0. The van der Waals surface area contributed by atoms with Crippen LogP contribution in [0.1, 0.15) is 11.1 Å². The van der Waals surface area contributed by atoms with E-state index in [1.807, 2.05) is 24.3 Å². The lowest BCUT2D eigenvalue weighted by atomic mass is 10.2. The maximum Gasteiger partial charge on any atom is 0.130 e. The predicted molar refractivity (Wildman–Crippen MR) is 72.3 cm³/mol. The van der Waals surface area contributed by atoms with Crippen molar-refractivity contribution >= 4 is 5.69 Å². The van der Waals surface area contributed by atoms with Gasteiger partial charge in [0.05, 0.1) is 20.3 Å². The van der Waals surface area contributed by atoms with Gasteiger partial charge in [0.15, 0.2) is 0 Å². The van der Waals surface area contributed by atoms with Crippen LogP contribution in [0.3, 0.4) is 0 Å². The van der Waals surface area contributed by atoms with Crippen molar-refractivity contribution in [3.8, 4) is 5.75 Å². The first-order chi connectivity index (χ1) is 9.20. The number of hydrogen-bond donors (Lipinski definition) is 1. The van der Waals surface area contributed by atoms with Crippen LogP contribution in [0.25, 0.3) is 0 Å². The molecule has 0 aliphatic rings. The molecule has 0 bridgehead atoms. The molecule has 0 amide bonds. The fraction of sp³-hybridized carbons (Fsp3) is 0.200. The van der Waals surface area contributed by atoms with E-state index in [1.54, 1.807) is 19.2 Å². The lowest BCUT2D eigenvalue weighted by Crippen LogP contribution is -2.01. The molecule has 2 rings (SSSR count). The molecule has 0 atom stereocenters. The first-order valence-corrected chi connectivity index (χ1v) is 5.94. The van der Waals surface area contributed by atoms with Gasteiger partial charge in [0.1, 0.15) is 11.6 Å². The normalized spacial score (nSPS) is 10.4. The molecule has 0 spiro atoms. The van der Waals surface area contributed by atoms with Gasteiger partial charge in [-0.3, -0.25) is 0 Å². The number of halogens is 1. The van der Waals surface area contributed by atoms with Crippen LogP contribution < -0.4 is 10.5 Å². The van der Waals surface area contributed by atoms with Crippen molar-refractivity contribution in [3.05, 3.63) is 59.4 Å². The number of ether oxygens (including phenoxy) is 2. The molecule has 0 saturated carbocycles. The largest absolute Gasteiger partial charge is 0.497 e. The summed E-state index contributed by atoms with van der Waals surface area (Å²) in [6.07, 6.45) is 0. The zero-order valence-corrected chi connectivity index (χ0v) is 10.7. The van der Waals surface area contributed by atoms with Gasteiger partial charge in [0.2, 0.25) is 0 Å². The van der Waals surface area contributed by atoms with E-state index in [0.29, 0.717) is 17.9 Å². The summed E-state index contributed by atoms with van der Waals surface area (Å²) in [6.45, 7) is 0.558. The molecule has 4 heteroatoms. The van der Waals surface area contributed by atoms with E-state index in [0.717, 1.165) is 11.3 Å². The van der Waals surface area contributed by atoms with Gasteiger partial charge >= 0.3 is 0 Å². The van der Waals surface area contributed by atoms with Crippen LogP contribution in [-0.2, 0) is 18.0 Å². The van der Waals surface area contributed by atoms with Crippen LogP contribution >= 0.6 is 0 Å². The summed E-state index contributed by atoms with van der Waals surface area (Å²) >= 11 is 0. The highest BCUT2D eigenvalue weighted by Gasteiger charge is 2.06. The van der Waals surface area contributed by atoms with Crippen molar-refractivity contribution < 1.29 is 13.9 Å². The Kier molecular flexibility index (Phi) is 4.36. The lowest BCUT2D eigenvalue weighted by Gasteiger charge is -2.08. The SMILES string of the molecule is COc1ccc(COCc2c(N)cccc2F)cc1. The Morgan fingerprint density at radius 3 is 2.42 bits per heavy atom. The number of nitrogens with two attached hydrogens (primary N) is 1. The first-order valence-electron chi connectivity index (χ1n) is 5.94. The Morgan fingerprint density at radius 2 is 1.79 bits per heavy atom. The van der Waals surface area contributed by atoms with Gasteiger partial charge in [-0.25, -0.2) is 4.39 Å². The number of methoxy groups -OCH3 is 1. The van der Waals surface area contributed by atoms with Crippen LogP contribution in [0.2, 0.25) is 0 Å². The first kappa shape index (κ1) is 13.4. The van der Waals surface area contributed by atoms with E-state index in [2.05, 4.69) is 0 Å². The molecule has 2 N–H and O–H groups in total. The molecule has 19 heavy (non-hydrogen) atoms. The Bertz CT molecular complexity index is 520. The standard InChI is InChI=1S/C15H16FNO2/c1-18-12-7-5-11(6-8-12)9-19-10-13-14(16)3-2-4-15(13)17/h2-8H,9-10,17H2,1H3. The van der Waals surface area contributed by atoms with Crippen molar-refractivity contribution in [2.45, 2.75) is 13.2 Å². The summed E-state index contributed by atoms with van der Waals surface area (Å²) in [4.78, 5) is 0. The fourth-order valence-corrected chi connectivity index (χ4v) is 1.72. The number of hydrogen-bond acceptors (Lipinski definition) is 3. The second-order valence-electron chi connectivity index (χ2n) is 4.15. The average Bonchev–Trinajstić information content (AvgIpc) is 2.43. The number of benzene rings is 2. The minimum Gasteiger partial charge on any atom is -0.497 e. The van der Waals surface area contributed by atoms with Crippen LogP contribution in [0, 0.1) is 5.82 Å². The minimum atomic E-state index is -0.338. The molecule has 0 fully saturated rings. The van der Waals surface area contributed by atoms with Gasteiger partial charge in [-0.15, -0.1) is 0 Å². The van der Waals surface area contributed by atoms with Crippen molar-refractivity contribution in [1.29, 1.82) is 0 Å². The van der Waals surface area contributed by atoms with Gasteiger partial charge in [-0.2, -0.15) is 0 Å². The second-order valence-corrected chi connectivity index (χ2v) is 4.15. The smallest absolute Gasteiger partial charge is 0.130 e. The molecule has 0 saturated heterocycles. The molecule has 2 aromatic carbocycles. The average molecular weight is 261 g/mol. The van der Waals surface area contributed by atoms with Crippen LogP contribution in [-0.4, -0.2) is 7.11 Å². The molecule has 100 valence electrons. The van der Waals surface area contributed by atoms with Crippen molar-refractivity contribution in [3.63, 3.8) is 0 Å². The van der Waals surface area contributed by atoms with E-state index in [-0.39, 0.29) is 12.4 Å². The van der Waals surface area contributed by atoms with Crippen molar-refractivity contribution in [1.82, 2.24) is 0 Å². The molecule has 2 aromatic rings. The number of anilines is 1. The quantitative estimate of drug-likeness (QED) is 0.841. The third-order valence-corrected chi connectivity index (χ3v) is 2.83. The highest BCUT2D eigenvalue weighted by molar-refractivity contribution is 5.46. The minimum absolute atomic E-state index is 0.157. The van der Waals surface area contributed by atoms with E-state index in [1.165, 1.54) is 6.07 Å². The van der Waals surface area contributed by atoms with Crippen LogP contribution in [0.5, 0.6) is 5.75 Å². The Balaban J connectivity index is 1.92. The zero-order valence-electron chi connectivity index (χ0n) is 10.7. The van der Waals surface area contributed by atoms with Crippen molar-refractivity contribution in [2.75, 3.05) is 12.8 Å². The predicted octanol–water partition coefficient (Wildman–Crippen LogP) is 3.13. The topological polar surface area (TPSA) is 44.5 Å². The van der Waals surface area contributed by atoms with Gasteiger partial charge in [0, 0.05) is 11.3 Å². The molecule has 0 aliphatic carbocycles. The van der Waals surface area contributed by atoms with Crippen molar-refractivity contribution in [2.24, 2.45) is 0 Å². The van der Waals surface area contributed by atoms with Gasteiger partial charge in [0.25, 0.3) is 0 Å². The van der Waals surface area contributed by atoms with Gasteiger partial charge < -0.3 is 15.2 Å². The summed E-state index contributed by atoms with van der Waals surface area (Å²) in [5.74, 6) is 0.455. The summed E-state index contributed by atoms with van der Waals surface area (Å²) in [5.41, 5.74) is 7.51. The van der Waals surface area contributed by atoms with Gasteiger partial charge in [-0.1, -0.05) is 18.2 Å². The van der Waals surface area contributed by atoms with Crippen LogP contribution in [0.15, 0.2) is 42.5 Å². The summed E-state index contributed by atoms with van der Waals surface area (Å²) < 4.78 is 24.0. The molecule has 3 nitrogen and oxygen atoms in total. The summed E-state index contributed by atoms with van der Waals surface area (Å²) in [7, 11) is 1.62. The molecular weight excluding hydrogens is 245 g/mol. The van der Waals surface area contributed by atoms with E-state index in [4.69, 9.17) is 15.2 Å². The maximum atomic E-state index is 13.5. The molecular formula is C15H16FNO2. The highest BCUT2D eigenvalue weighted by atomic mass is 19.1. The highest BCUT2D eigenvalue weighted by Crippen LogP contribution is 2.18. The molecule has 0 unspecified atom stereocenters. The number of rotatable bonds is 5. The van der Waals surface area contributed by atoms with E-state index in [9.17, 15) is 4.39 Å². The zero-order chi connectivity index (χ0) is 13.7. The number of nitrogen functional groups attached to an aromatic ring is 1. The molecule has 0 aromatic heterocycles. The fourth-order valence-electron chi connectivity index (χ4n) is 1.72. The summed E-state index contributed by atoms with van der Waals surface area (Å²) in [6, 6.07) is 12.1. The maximum absolute atomic E-state index is 13.5. The van der Waals surface area contributed by atoms with E-state index >= 15 is 0 Å². The third-order valence-electron chi connectivity index (χ3n) is 2.83. The Labute approximate surface area is 111 Å². The third kappa shape index (κ3) is 3.45. The molecule has 0 aliphatic heterocycles. The van der Waals surface area contributed by atoms with Crippen LogP contribution in [0.4, 0.5) is 10.1 Å². The second kappa shape index (κ2) is 6.20.